The molecule has 3 heterocycles. The fourth-order valence-electron chi connectivity index (χ4n) is 4.60. The van der Waals surface area contributed by atoms with Crippen molar-refractivity contribution in [3.05, 3.63) is 83.4 Å². The number of hydrogen-bond donors (Lipinski definition) is 0. The van der Waals surface area contributed by atoms with E-state index in [0.29, 0.717) is 0 Å². The summed E-state index contributed by atoms with van der Waals surface area (Å²) in [6, 6.07) is 21.5. The monoisotopic (exact) mass is 396 g/mol. The van der Waals surface area contributed by atoms with E-state index in [1.807, 2.05) is 0 Å². The molecule has 0 saturated carbocycles. The lowest BCUT2D eigenvalue weighted by Gasteiger charge is -2.34. The Balaban J connectivity index is 1.28. The molecule has 0 amide bonds. The van der Waals surface area contributed by atoms with E-state index in [-0.39, 0.29) is 0 Å². The molecule has 4 heteroatoms. The summed E-state index contributed by atoms with van der Waals surface area (Å²) in [6.07, 6.45) is 0. The fourth-order valence-corrected chi connectivity index (χ4v) is 4.60. The summed E-state index contributed by atoms with van der Waals surface area (Å²) in [7, 11) is 0. The molecule has 0 unspecified atom stereocenters. The zero-order valence-corrected chi connectivity index (χ0v) is 17.8. The van der Waals surface area contributed by atoms with Gasteiger partial charge in [0.05, 0.1) is 11.4 Å². The van der Waals surface area contributed by atoms with Crippen molar-refractivity contribution in [1.82, 2.24) is 19.8 Å². The number of aromatic nitrogens is 2. The molecule has 0 bridgehead atoms. The lowest BCUT2D eigenvalue weighted by molar-refractivity contribution is 0.120. The second-order valence-corrected chi connectivity index (χ2v) is 8.42. The summed E-state index contributed by atoms with van der Waals surface area (Å²) in [4.78, 5) is 14.8. The summed E-state index contributed by atoms with van der Waals surface area (Å²) in [6.45, 7) is 10.3. The first kappa shape index (κ1) is 19.2. The first-order valence-electron chi connectivity index (χ1n) is 10.8. The number of nitrogens with zero attached hydrogens (tertiary/aromatic N) is 4. The molecule has 1 aliphatic heterocycles. The lowest BCUT2D eigenvalue weighted by atomic mass is 10.1. The van der Waals surface area contributed by atoms with E-state index in [4.69, 9.17) is 9.97 Å². The van der Waals surface area contributed by atoms with E-state index in [1.165, 1.54) is 32.9 Å². The summed E-state index contributed by atoms with van der Waals surface area (Å²) in [5.74, 6) is 0. The van der Waals surface area contributed by atoms with Gasteiger partial charge in [0.25, 0.3) is 0 Å². The zero-order valence-electron chi connectivity index (χ0n) is 17.8. The SMILES string of the molecule is Cc1cc2ccccc2c(CN2CCN(Cc3nc(C)cc4ccccc34)CC2)n1. The van der Waals surface area contributed by atoms with Crippen molar-refractivity contribution < 1.29 is 0 Å². The largest absolute Gasteiger partial charge is 0.295 e. The van der Waals surface area contributed by atoms with E-state index < -0.39 is 0 Å². The molecule has 1 fully saturated rings. The number of fused-ring (bicyclic) bond motifs is 2. The Morgan fingerprint density at radius 2 is 1.03 bits per heavy atom. The standard InChI is InChI=1S/C26H28N4/c1-19-15-21-7-3-5-9-23(21)25(27-19)17-29-11-13-30(14-12-29)18-26-24-10-6-4-8-22(24)16-20(2)28-26/h3-10,15-16H,11-14,17-18H2,1-2H3. The average molecular weight is 397 g/mol. The van der Waals surface area contributed by atoms with Crippen LogP contribution < -0.4 is 0 Å². The molecule has 1 aliphatic rings. The third-order valence-corrected chi connectivity index (χ3v) is 6.11. The van der Waals surface area contributed by atoms with Gasteiger partial charge in [0.1, 0.15) is 0 Å². The minimum atomic E-state index is 0.918. The molecular weight excluding hydrogens is 368 g/mol. The summed E-state index contributed by atoms with van der Waals surface area (Å²) >= 11 is 0. The maximum Gasteiger partial charge on any atom is 0.0625 e. The molecule has 0 atom stereocenters. The Kier molecular flexibility index (Phi) is 5.19. The van der Waals surface area contributed by atoms with Crippen molar-refractivity contribution >= 4 is 21.5 Å². The summed E-state index contributed by atoms with van der Waals surface area (Å²) in [5.41, 5.74) is 4.59. The van der Waals surface area contributed by atoms with Gasteiger partial charge in [-0.2, -0.15) is 0 Å². The molecule has 1 saturated heterocycles. The molecule has 152 valence electrons. The van der Waals surface area contributed by atoms with E-state index in [9.17, 15) is 0 Å². The molecule has 30 heavy (non-hydrogen) atoms. The molecule has 2 aromatic carbocycles. The van der Waals surface area contributed by atoms with Gasteiger partial charge in [-0.25, -0.2) is 0 Å². The third-order valence-electron chi connectivity index (χ3n) is 6.11. The van der Waals surface area contributed by atoms with Crippen molar-refractivity contribution in [2.45, 2.75) is 26.9 Å². The van der Waals surface area contributed by atoms with Crippen LogP contribution in [0.1, 0.15) is 22.8 Å². The van der Waals surface area contributed by atoms with Gasteiger partial charge in [-0.15, -0.1) is 0 Å². The molecule has 5 rings (SSSR count). The number of rotatable bonds is 4. The highest BCUT2D eigenvalue weighted by Gasteiger charge is 2.19. The van der Waals surface area contributed by atoms with Gasteiger partial charge in [-0.05, 0) is 36.8 Å². The van der Waals surface area contributed by atoms with Crippen LogP contribution in [0, 0.1) is 13.8 Å². The Morgan fingerprint density at radius 3 is 1.47 bits per heavy atom. The number of hydrogen-bond acceptors (Lipinski definition) is 4. The highest BCUT2D eigenvalue weighted by atomic mass is 15.3. The van der Waals surface area contributed by atoms with Crippen LogP contribution in [0.25, 0.3) is 21.5 Å². The summed E-state index contributed by atoms with van der Waals surface area (Å²) < 4.78 is 0. The van der Waals surface area contributed by atoms with Crippen molar-refractivity contribution in [2.24, 2.45) is 0 Å². The third kappa shape index (κ3) is 3.93. The van der Waals surface area contributed by atoms with Crippen LogP contribution >= 0.6 is 0 Å². The molecule has 0 aliphatic carbocycles. The minimum absolute atomic E-state index is 0.918. The minimum Gasteiger partial charge on any atom is -0.295 e. The maximum atomic E-state index is 4.86. The molecule has 0 spiro atoms. The van der Waals surface area contributed by atoms with Crippen LogP contribution in [0.4, 0.5) is 0 Å². The number of piperazine rings is 1. The topological polar surface area (TPSA) is 32.3 Å². The Labute approximate surface area is 178 Å². The van der Waals surface area contributed by atoms with E-state index in [2.05, 4.69) is 84.3 Å². The smallest absolute Gasteiger partial charge is 0.0625 e. The molecule has 4 aromatic rings. The van der Waals surface area contributed by atoms with Crippen LogP contribution in [0.5, 0.6) is 0 Å². The van der Waals surface area contributed by atoms with E-state index in [0.717, 1.165) is 50.7 Å². The number of aryl methyl sites for hydroxylation is 2. The van der Waals surface area contributed by atoms with Gasteiger partial charge in [0.15, 0.2) is 0 Å². The van der Waals surface area contributed by atoms with Gasteiger partial charge in [-0.3, -0.25) is 19.8 Å². The van der Waals surface area contributed by atoms with Gasteiger partial charge in [0.2, 0.25) is 0 Å². The van der Waals surface area contributed by atoms with Crippen LogP contribution in [0.3, 0.4) is 0 Å². The predicted octanol–water partition coefficient (Wildman–Crippen LogP) is 4.72. The molecule has 4 nitrogen and oxygen atoms in total. The fraction of sp³-hybridized carbons (Fsp3) is 0.308. The molecule has 0 radical (unpaired) electrons. The number of benzene rings is 2. The predicted molar refractivity (Wildman–Crippen MR) is 124 cm³/mol. The van der Waals surface area contributed by atoms with Crippen LogP contribution in [0.15, 0.2) is 60.7 Å². The quantitative estimate of drug-likeness (QED) is 0.500. The molecular formula is C26H28N4. The first-order chi connectivity index (χ1) is 14.7. The van der Waals surface area contributed by atoms with Crippen molar-refractivity contribution in [2.75, 3.05) is 26.2 Å². The first-order valence-corrected chi connectivity index (χ1v) is 10.8. The Hall–Kier alpha value is -2.82. The van der Waals surface area contributed by atoms with Crippen LogP contribution in [0.2, 0.25) is 0 Å². The van der Waals surface area contributed by atoms with E-state index >= 15 is 0 Å². The van der Waals surface area contributed by atoms with Gasteiger partial charge in [0, 0.05) is 61.4 Å². The van der Waals surface area contributed by atoms with Crippen molar-refractivity contribution in [3.63, 3.8) is 0 Å². The number of pyridine rings is 2. The normalized spacial score (nSPS) is 15.8. The second-order valence-electron chi connectivity index (χ2n) is 8.42. The maximum absolute atomic E-state index is 4.86. The van der Waals surface area contributed by atoms with Crippen LogP contribution in [-0.2, 0) is 13.1 Å². The van der Waals surface area contributed by atoms with Crippen molar-refractivity contribution in [1.29, 1.82) is 0 Å². The Bertz CT molecular complexity index is 1100. The molecule has 2 aromatic heterocycles. The lowest BCUT2D eigenvalue weighted by Crippen LogP contribution is -2.45. The molecule has 0 N–H and O–H groups in total. The van der Waals surface area contributed by atoms with Crippen LogP contribution in [-0.4, -0.2) is 45.9 Å². The van der Waals surface area contributed by atoms with Crippen molar-refractivity contribution in [3.8, 4) is 0 Å². The summed E-state index contributed by atoms with van der Waals surface area (Å²) in [5, 5.41) is 5.13. The Morgan fingerprint density at radius 1 is 0.633 bits per heavy atom. The van der Waals surface area contributed by atoms with E-state index in [1.54, 1.807) is 0 Å². The second kappa shape index (κ2) is 8.13. The van der Waals surface area contributed by atoms with Gasteiger partial charge < -0.3 is 0 Å². The van der Waals surface area contributed by atoms with Gasteiger partial charge >= 0.3 is 0 Å². The average Bonchev–Trinajstić information content (AvgIpc) is 2.75. The van der Waals surface area contributed by atoms with Gasteiger partial charge in [-0.1, -0.05) is 48.5 Å². The highest BCUT2D eigenvalue weighted by Crippen LogP contribution is 2.22. The zero-order chi connectivity index (χ0) is 20.5. The highest BCUT2D eigenvalue weighted by molar-refractivity contribution is 5.85.